The smallest absolute Gasteiger partial charge is 0.457 e. The standard InChI is InChI=1S/C36H30NO5P/c1-39-28-17-11-26(12-18-28)36(37-27-15-19-29(40-2)20-16-27)43(38)41-34-21-13-24-7-3-5-9-30(24)32(34)23-33-31-10-6-4-8-25(31)14-22-35(33)42-43/h3-22,36-37H,23H2,1-2H3. The quantitative estimate of drug-likeness (QED) is 0.196. The first-order valence-corrected chi connectivity index (χ1v) is 15.7. The summed E-state index contributed by atoms with van der Waals surface area (Å²) in [5.74, 6) is 1.63. The van der Waals surface area contributed by atoms with Crippen LogP contribution < -0.4 is 23.8 Å². The number of hydrogen-bond donors (Lipinski definition) is 1. The molecule has 1 N–H and O–H groups in total. The number of benzene rings is 6. The summed E-state index contributed by atoms with van der Waals surface area (Å²) in [6, 6.07) is 39.2. The zero-order valence-corrected chi connectivity index (χ0v) is 24.7. The largest absolute Gasteiger partial charge is 0.497 e. The Labute approximate surface area is 250 Å². The van der Waals surface area contributed by atoms with Gasteiger partial charge in [-0.05, 0) is 75.6 Å². The summed E-state index contributed by atoms with van der Waals surface area (Å²) in [6.45, 7) is 0. The molecule has 43 heavy (non-hydrogen) atoms. The molecule has 6 aromatic rings. The van der Waals surface area contributed by atoms with Crippen LogP contribution in [0.1, 0.15) is 22.5 Å². The minimum Gasteiger partial charge on any atom is -0.497 e. The maximum Gasteiger partial charge on any atom is 0.457 e. The Morgan fingerprint density at radius 3 is 1.63 bits per heavy atom. The van der Waals surface area contributed by atoms with Crippen LogP contribution in [0.15, 0.2) is 121 Å². The van der Waals surface area contributed by atoms with E-state index in [1.807, 2.05) is 97.1 Å². The van der Waals surface area contributed by atoms with Crippen LogP contribution in [0, 0.1) is 0 Å². The first kappa shape index (κ1) is 26.9. The summed E-state index contributed by atoms with van der Waals surface area (Å²) in [5.41, 5.74) is 3.41. The Morgan fingerprint density at radius 2 is 1.12 bits per heavy atom. The van der Waals surface area contributed by atoms with Gasteiger partial charge in [-0.25, -0.2) is 4.57 Å². The van der Waals surface area contributed by atoms with E-state index in [1.54, 1.807) is 14.2 Å². The van der Waals surface area contributed by atoms with Crippen LogP contribution in [-0.2, 0) is 11.0 Å². The lowest BCUT2D eigenvalue weighted by molar-refractivity contribution is 0.370. The van der Waals surface area contributed by atoms with E-state index >= 15 is 4.57 Å². The van der Waals surface area contributed by atoms with Gasteiger partial charge in [0.1, 0.15) is 23.0 Å². The molecule has 0 aromatic heterocycles. The van der Waals surface area contributed by atoms with Crippen molar-refractivity contribution >= 4 is 34.8 Å². The van der Waals surface area contributed by atoms with Crippen molar-refractivity contribution in [3.8, 4) is 23.0 Å². The highest BCUT2D eigenvalue weighted by atomic mass is 31.2. The van der Waals surface area contributed by atoms with E-state index in [1.165, 1.54) is 0 Å². The highest BCUT2D eigenvalue weighted by molar-refractivity contribution is 7.55. The SMILES string of the molecule is COc1ccc(NC(c2ccc(OC)cc2)P2(=O)Oc3ccc4ccccc4c3Cc3c(ccc4ccccc34)O2)cc1. The van der Waals surface area contributed by atoms with Gasteiger partial charge in [0.25, 0.3) is 0 Å². The number of hydrogen-bond acceptors (Lipinski definition) is 6. The normalized spacial score (nSPS) is 14.3. The van der Waals surface area contributed by atoms with Gasteiger partial charge in [0.15, 0.2) is 5.78 Å². The topological polar surface area (TPSA) is 66.0 Å². The molecule has 0 aliphatic carbocycles. The Bertz CT molecular complexity index is 1900. The molecule has 1 aliphatic heterocycles. The van der Waals surface area contributed by atoms with Crippen molar-refractivity contribution in [1.82, 2.24) is 0 Å². The predicted molar refractivity (Wildman–Crippen MR) is 172 cm³/mol. The van der Waals surface area contributed by atoms with E-state index < -0.39 is 13.4 Å². The van der Waals surface area contributed by atoms with Gasteiger partial charge in [-0.2, -0.15) is 0 Å². The Morgan fingerprint density at radius 1 is 0.628 bits per heavy atom. The molecule has 6 aromatic carbocycles. The molecular weight excluding hydrogens is 557 g/mol. The van der Waals surface area contributed by atoms with E-state index in [2.05, 4.69) is 29.6 Å². The highest BCUT2D eigenvalue weighted by Gasteiger charge is 2.43. The van der Waals surface area contributed by atoms with Gasteiger partial charge in [-0.15, -0.1) is 0 Å². The number of ether oxygens (including phenoxy) is 2. The molecule has 0 saturated heterocycles. The van der Waals surface area contributed by atoms with Crippen LogP contribution in [0.25, 0.3) is 21.5 Å². The fourth-order valence-corrected chi connectivity index (χ4v) is 7.70. The minimum atomic E-state index is -4.03. The first-order valence-electron chi connectivity index (χ1n) is 14.1. The molecule has 0 bridgehead atoms. The lowest BCUT2D eigenvalue weighted by Crippen LogP contribution is -2.20. The van der Waals surface area contributed by atoms with Gasteiger partial charge in [0.2, 0.25) is 0 Å². The van der Waals surface area contributed by atoms with E-state index in [0.29, 0.717) is 23.7 Å². The fourth-order valence-electron chi connectivity index (χ4n) is 5.72. The molecule has 0 saturated carbocycles. The summed E-state index contributed by atoms with van der Waals surface area (Å²) in [4.78, 5) is 0. The van der Waals surface area contributed by atoms with Gasteiger partial charge in [0, 0.05) is 23.2 Å². The van der Waals surface area contributed by atoms with Crippen molar-refractivity contribution in [1.29, 1.82) is 0 Å². The summed E-state index contributed by atoms with van der Waals surface area (Å²) < 4.78 is 39.4. The van der Waals surface area contributed by atoms with E-state index in [-0.39, 0.29) is 0 Å². The lowest BCUT2D eigenvalue weighted by Gasteiger charge is -2.32. The number of nitrogens with one attached hydrogen (secondary N) is 1. The van der Waals surface area contributed by atoms with Crippen molar-refractivity contribution in [2.45, 2.75) is 12.2 Å². The average molecular weight is 588 g/mol. The molecule has 1 aliphatic rings. The number of fused-ring (bicyclic) bond motifs is 6. The van der Waals surface area contributed by atoms with Crippen molar-refractivity contribution in [3.63, 3.8) is 0 Å². The third-order valence-corrected chi connectivity index (χ3v) is 9.90. The monoisotopic (exact) mass is 587 g/mol. The highest BCUT2D eigenvalue weighted by Crippen LogP contribution is 2.62. The van der Waals surface area contributed by atoms with Crippen molar-refractivity contribution in [3.05, 3.63) is 138 Å². The third kappa shape index (κ3) is 5.04. The summed E-state index contributed by atoms with van der Waals surface area (Å²) in [7, 11) is -0.785. The van der Waals surface area contributed by atoms with Gasteiger partial charge in [-0.3, -0.25) is 0 Å². The zero-order chi connectivity index (χ0) is 29.4. The molecule has 6 nitrogen and oxygen atoms in total. The van der Waals surface area contributed by atoms with Gasteiger partial charge in [0.05, 0.1) is 14.2 Å². The third-order valence-electron chi connectivity index (χ3n) is 7.94. The Balaban J connectivity index is 1.45. The molecule has 214 valence electrons. The van der Waals surface area contributed by atoms with Gasteiger partial charge >= 0.3 is 7.60 Å². The number of anilines is 1. The lowest BCUT2D eigenvalue weighted by atomic mass is 9.93. The Kier molecular flexibility index (Phi) is 6.92. The molecule has 7 rings (SSSR count). The van der Waals surface area contributed by atoms with Crippen LogP contribution in [-0.4, -0.2) is 14.2 Å². The maximum atomic E-state index is 15.4. The predicted octanol–water partition coefficient (Wildman–Crippen LogP) is 9.38. The molecule has 1 unspecified atom stereocenters. The second kappa shape index (κ2) is 11.0. The van der Waals surface area contributed by atoms with Crippen molar-refractivity contribution < 1.29 is 23.1 Å². The number of methoxy groups -OCH3 is 2. The molecule has 0 radical (unpaired) electrons. The Hall–Kier alpha value is -4.93. The van der Waals surface area contributed by atoms with Crippen molar-refractivity contribution in [2.75, 3.05) is 19.5 Å². The molecule has 0 spiro atoms. The summed E-state index contributed by atoms with van der Waals surface area (Å²) >= 11 is 0. The van der Waals surface area contributed by atoms with E-state index in [9.17, 15) is 0 Å². The number of rotatable bonds is 6. The first-order chi connectivity index (χ1) is 21.0. The summed E-state index contributed by atoms with van der Waals surface area (Å²) in [5, 5.41) is 7.75. The zero-order valence-electron chi connectivity index (χ0n) is 23.8. The molecular formula is C36H30NO5P. The second-order valence-electron chi connectivity index (χ2n) is 10.5. The fraction of sp³-hybridized carbons (Fsp3) is 0.111. The van der Waals surface area contributed by atoms with Crippen molar-refractivity contribution in [2.24, 2.45) is 0 Å². The molecule has 7 heteroatoms. The average Bonchev–Trinajstić information content (AvgIpc) is 3.05. The minimum absolute atomic E-state index is 0.538. The van der Waals surface area contributed by atoms with Crippen LogP contribution in [0.4, 0.5) is 5.69 Å². The maximum absolute atomic E-state index is 15.4. The van der Waals surface area contributed by atoms with Gasteiger partial charge in [-0.1, -0.05) is 72.8 Å². The molecule has 0 fully saturated rings. The van der Waals surface area contributed by atoms with Crippen LogP contribution in [0.2, 0.25) is 0 Å². The summed E-state index contributed by atoms with van der Waals surface area (Å²) in [6.07, 6.45) is 0.562. The van der Waals surface area contributed by atoms with Crippen LogP contribution >= 0.6 is 7.60 Å². The van der Waals surface area contributed by atoms with E-state index in [4.69, 9.17) is 18.5 Å². The molecule has 0 amide bonds. The van der Waals surface area contributed by atoms with E-state index in [0.717, 1.165) is 49.7 Å². The van der Waals surface area contributed by atoms with Crippen LogP contribution in [0.3, 0.4) is 0 Å². The second-order valence-corrected chi connectivity index (χ2v) is 12.4. The van der Waals surface area contributed by atoms with Crippen LogP contribution in [0.5, 0.6) is 23.0 Å². The molecule has 1 heterocycles. The van der Waals surface area contributed by atoms with Gasteiger partial charge < -0.3 is 23.8 Å². The molecule has 1 atom stereocenters.